The summed E-state index contributed by atoms with van der Waals surface area (Å²) in [5.74, 6) is -0.326. The number of hydrogen-bond donors (Lipinski definition) is 2. The molecular weight excluding hydrogens is 324 g/mol. The van der Waals surface area contributed by atoms with Crippen molar-refractivity contribution in [2.75, 3.05) is 0 Å². The number of nitrogens with two attached hydrogens (primary N) is 1. The molecule has 0 saturated heterocycles. The first kappa shape index (κ1) is 16.5. The third-order valence-electron chi connectivity index (χ3n) is 3.16. The summed E-state index contributed by atoms with van der Waals surface area (Å²) in [6.07, 6.45) is 0. The van der Waals surface area contributed by atoms with Gasteiger partial charge in [0.2, 0.25) is 10.0 Å². The van der Waals surface area contributed by atoms with Crippen LogP contribution in [0.25, 0.3) is 0 Å². The summed E-state index contributed by atoms with van der Waals surface area (Å²) in [5.41, 5.74) is 1.14. The van der Waals surface area contributed by atoms with Gasteiger partial charge in [-0.1, -0.05) is 29.8 Å². The van der Waals surface area contributed by atoms with Crippen LogP contribution in [0, 0.1) is 0 Å². The average Bonchev–Trinajstić information content (AvgIpc) is 2.46. The summed E-state index contributed by atoms with van der Waals surface area (Å²) in [6, 6.07) is 12.4. The number of primary sulfonamides is 1. The zero-order chi connectivity index (χ0) is 16.3. The number of carbonyl (C=O) groups is 1. The fourth-order valence-corrected chi connectivity index (χ4v) is 2.79. The second-order valence-corrected chi connectivity index (χ2v) is 6.75. The van der Waals surface area contributed by atoms with Gasteiger partial charge in [-0.05, 0) is 42.8 Å². The van der Waals surface area contributed by atoms with Crippen LogP contribution < -0.4 is 10.5 Å². The molecule has 0 fully saturated rings. The lowest BCUT2D eigenvalue weighted by Crippen LogP contribution is -2.26. The van der Waals surface area contributed by atoms with E-state index in [1.54, 1.807) is 6.07 Å². The number of hydrogen-bond acceptors (Lipinski definition) is 3. The second-order valence-electron chi connectivity index (χ2n) is 4.79. The molecule has 22 heavy (non-hydrogen) atoms. The quantitative estimate of drug-likeness (QED) is 0.897. The maximum absolute atomic E-state index is 12.2. The molecule has 0 heterocycles. The Kier molecular flexibility index (Phi) is 4.85. The first-order valence-corrected chi connectivity index (χ1v) is 8.39. The Balaban J connectivity index is 2.14. The molecule has 1 amide bonds. The molecule has 0 spiro atoms. The maximum atomic E-state index is 12.2. The molecule has 2 rings (SSSR count). The van der Waals surface area contributed by atoms with Crippen molar-refractivity contribution in [3.05, 3.63) is 64.7 Å². The first-order valence-electron chi connectivity index (χ1n) is 6.47. The molecule has 0 aliphatic rings. The lowest BCUT2D eigenvalue weighted by Gasteiger charge is -2.15. The molecule has 0 bridgehead atoms. The Hall–Kier alpha value is -1.89. The Morgan fingerprint density at radius 1 is 1.14 bits per heavy atom. The molecule has 5 nitrogen and oxygen atoms in total. The van der Waals surface area contributed by atoms with E-state index < -0.39 is 10.0 Å². The summed E-state index contributed by atoms with van der Waals surface area (Å²) < 4.78 is 22.4. The first-order chi connectivity index (χ1) is 10.3. The Morgan fingerprint density at radius 3 is 2.27 bits per heavy atom. The van der Waals surface area contributed by atoms with Gasteiger partial charge in [0.05, 0.1) is 10.9 Å². The van der Waals surface area contributed by atoms with E-state index in [4.69, 9.17) is 16.7 Å². The highest BCUT2D eigenvalue weighted by Crippen LogP contribution is 2.22. The molecule has 116 valence electrons. The largest absolute Gasteiger partial charge is 0.345 e. The second kappa shape index (κ2) is 6.48. The molecule has 7 heteroatoms. The van der Waals surface area contributed by atoms with Crippen LogP contribution in [-0.2, 0) is 10.0 Å². The van der Waals surface area contributed by atoms with E-state index in [0.717, 1.165) is 5.56 Å². The Morgan fingerprint density at radius 2 is 1.73 bits per heavy atom. The zero-order valence-electron chi connectivity index (χ0n) is 11.8. The SMILES string of the molecule is C[C@@H](NC(=O)c1ccc(S(N)(=O)=O)cc1)c1ccccc1Cl. The maximum Gasteiger partial charge on any atom is 0.251 e. The Labute approximate surface area is 134 Å². The van der Waals surface area contributed by atoms with Crippen molar-refractivity contribution in [3.63, 3.8) is 0 Å². The van der Waals surface area contributed by atoms with Gasteiger partial charge in [-0.15, -0.1) is 0 Å². The summed E-state index contributed by atoms with van der Waals surface area (Å²) in [5, 5.41) is 8.39. The predicted molar refractivity (Wildman–Crippen MR) is 85.1 cm³/mol. The highest BCUT2D eigenvalue weighted by molar-refractivity contribution is 7.89. The van der Waals surface area contributed by atoms with Crippen LogP contribution in [0.4, 0.5) is 0 Å². The number of sulfonamides is 1. The molecule has 2 aromatic rings. The minimum absolute atomic E-state index is 0.0387. The molecule has 0 radical (unpaired) electrons. The predicted octanol–water partition coefficient (Wildman–Crippen LogP) is 2.48. The number of amides is 1. The molecule has 0 aliphatic heterocycles. The number of rotatable bonds is 4. The van der Waals surface area contributed by atoms with Crippen molar-refractivity contribution in [1.29, 1.82) is 0 Å². The van der Waals surface area contributed by atoms with Gasteiger partial charge in [-0.2, -0.15) is 0 Å². The minimum atomic E-state index is -3.77. The topological polar surface area (TPSA) is 89.3 Å². The molecule has 0 aliphatic carbocycles. The monoisotopic (exact) mass is 338 g/mol. The van der Waals surface area contributed by atoms with E-state index in [0.29, 0.717) is 10.6 Å². The van der Waals surface area contributed by atoms with Crippen LogP contribution in [-0.4, -0.2) is 14.3 Å². The number of halogens is 1. The van der Waals surface area contributed by atoms with E-state index in [2.05, 4.69) is 5.32 Å². The third kappa shape index (κ3) is 3.85. The lowest BCUT2D eigenvalue weighted by atomic mass is 10.1. The van der Waals surface area contributed by atoms with Crippen molar-refractivity contribution >= 4 is 27.5 Å². The van der Waals surface area contributed by atoms with Crippen LogP contribution in [0.15, 0.2) is 53.4 Å². The number of carbonyl (C=O) groups excluding carboxylic acids is 1. The molecule has 0 unspecified atom stereocenters. The summed E-state index contributed by atoms with van der Waals surface area (Å²) >= 11 is 6.09. The van der Waals surface area contributed by atoms with E-state index in [9.17, 15) is 13.2 Å². The van der Waals surface area contributed by atoms with Gasteiger partial charge in [-0.3, -0.25) is 4.79 Å². The van der Waals surface area contributed by atoms with E-state index in [-0.39, 0.29) is 16.8 Å². The number of nitrogens with one attached hydrogen (secondary N) is 1. The van der Waals surface area contributed by atoms with E-state index in [1.165, 1.54) is 24.3 Å². The molecule has 0 aromatic heterocycles. The van der Waals surface area contributed by atoms with E-state index in [1.807, 2.05) is 25.1 Å². The van der Waals surface area contributed by atoms with Crippen molar-refractivity contribution < 1.29 is 13.2 Å². The van der Waals surface area contributed by atoms with Gasteiger partial charge in [0.1, 0.15) is 0 Å². The summed E-state index contributed by atoms with van der Waals surface area (Å²) in [4.78, 5) is 12.1. The van der Waals surface area contributed by atoms with E-state index >= 15 is 0 Å². The van der Waals surface area contributed by atoms with Gasteiger partial charge < -0.3 is 5.32 Å². The van der Waals surface area contributed by atoms with Crippen LogP contribution in [0.3, 0.4) is 0 Å². The minimum Gasteiger partial charge on any atom is -0.345 e. The number of benzene rings is 2. The van der Waals surface area contributed by atoms with Crippen molar-refractivity contribution in [2.24, 2.45) is 5.14 Å². The molecule has 3 N–H and O–H groups in total. The van der Waals surface area contributed by atoms with Crippen molar-refractivity contribution in [3.8, 4) is 0 Å². The average molecular weight is 339 g/mol. The summed E-state index contributed by atoms with van der Waals surface area (Å²) in [7, 11) is -3.77. The van der Waals surface area contributed by atoms with Gasteiger partial charge in [0.25, 0.3) is 5.91 Å². The van der Waals surface area contributed by atoms with Crippen molar-refractivity contribution in [1.82, 2.24) is 5.32 Å². The summed E-state index contributed by atoms with van der Waals surface area (Å²) in [6.45, 7) is 1.82. The van der Waals surface area contributed by atoms with Gasteiger partial charge in [-0.25, -0.2) is 13.6 Å². The fourth-order valence-electron chi connectivity index (χ4n) is 1.98. The van der Waals surface area contributed by atoms with Gasteiger partial charge in [0.15, 0.2) is 0 Å². The highest BCUT2D eigenvalue weighted by atomic mass is 35.5. The lowest BCUT2D eigenvalue weighted by molar-refractivity contribution is 0.0940. The molecular formula is C15H15ClN2O3S. The standard InChI is InChI=1S/C15H15ClN2O3S/c1-10(13-4-2-3-5-14(13)16)18-15(19)11-6-8-12(9-7-11)22(17,20)21/h2-10H,1H3,(H,18,19)(H2,17,20,21)/t10-/m1/s1. The van der Waals surface area contributed by atoms with Crippen LogP contribution in [0.5, 0.6) is 0 Å². The molecule has 2 aromatic carbocycles. The molecule has 0 saturated carbocycles. The van der Waals surface area contributed by atoms with Crippen LogP contribution in [0.1, 0.15) is 28.9 Å². The van der Waals surface area contributed by atoms with Gasteiger partial charge >= 0.3 is 0 Å². The van der Waals surface area contributed by atoms with Gasteiger partial charge in [0, 0.05) is 10.6 Å². The third-order valence-corrected chi connectivity index (χ3v) is 4.44. The van der Waals surface area contributed by atoms with Crippen molar-refractivity contribution in [2.45, 2.75) is 17.9 Å². The van der Waals surface area contributed by atoms with Crippen LogP contribution in [0.2, 0.25) is 5.02 Å². The normalized spacial score (nSPS) is 12.7. The smallest absolute Gasteiger partial charge is 0.251 e. The Bertz CT molecular complexity index is 789. The highest BCUT2D eigenvalue weighted by Gasteiger charge is 2.14. The fraction of sp³-hybridized carbons (Fsp3) is 0.133. The van der Waals surface area contributed by atoms with Crippen LogP contribution >= 0.6 is 11.6 Å². The molecule has 1 atom stereocenters. The zero-order valence-corrected chi connectivity index (χ0v) is 13.4.